The van der Waals surface area contributed by atoms with Crippen molar-refractivity contribution in [3.05, 3.63) is 51.2 Å². The molecule has 0 fully saturated rings. The Morgan fingerprint density at radius 2 is 1.95 bits per heavy atom. The average Bonchev–Trinajstić information content (AvgIpc) is 2.77. The Kier molecular flexibility index (Phi) is 4.20. The van der Waals surface area contributed by atoms with Crippen LogP contribution in [0.4, 0.5) is 5.69 Å². The first-order valence-electron chi connectivity index (χ1n) is 6.15. The molecule has 1 aromatic heterocycles. The molecule has 1 amide bonds. The number of hydrogen-bond donors (Lipinski definition) is 1. The third kappa shape index (κ3) is 2.73. The summed E-state index contributed by atoms with van der Waals surface area (Å²) in [5.41, 5.74) is 8.29. The van der Waals surface area contributed by atoms with Crippen molar-refractivity contribution in [2.24, 2.45) is 5.73 Å². The molecule has 0 saturated carbocycles. The molecule has 0 radical (unpaired) electrons. The fourth-order valence-corrected chi connectivity index (χ4v) is 3.11. The van der Waals surface area contributed by atoms with E-state index in [4.69, 9.17) is 18.0 Å². The molecular formula is C15H16N2OS2. The Morgan fingerprint density at radius 3 is 2.50 bits per heavy atom. The van der Waals surface area contributed by atoms with Gasteiger partial charge in [-0.15, -0.1) is 11.3 Å². The Labute approximate surface area is 128 Å². The molecular weight excluding hydrogens is 288 g/mol. The molecule has 2 aromatic rings. The first kappa shape index (κ1) is 14.7. The Morgan fingerprint density at radius 1 is 1.30 bits per heavy atom. The highest BCUT2D eigenvalue weighted by molar-refractivity contribution is 7.80. The maximum Gasteiger partial charge on any atom is 0.268 e. The lowest BCUT2D eigenvalue weighted by molar-refractivity contribution is 0.0997. The summed E-state index contributed by atoms with van der Waals surface area (Å²) in [5.74, 6) is -0.0464. The maximum absolute atomic E-state index is 12.5. The van der Waals surface area contributed by atoms with Gasteiger partial charge in [-0.25, -0.2) is 0 Å². The van der Waals surface area contributed by atoms with Crippen LogP contribution in [-0.4, -0.2) is 17.9 Å². The summed E-state index contributed by atoms with van der Waals surface area (Å²) in [6.07, 6.45) is 0. The first-order chi connectivity index (χ1) is 9.41. The SMILES string of the molecule is Cc1cc(C(=O)N(C)c2ccccc2C(N)=S)sc1C. The van der Waals surface area contributed by atoms with Crippen molar-refractivity contribution in [2.75, 3.05) is 11.9 Å². The largest absolute Gasteiger partial charge is 0.389 e. The molecule has 0 unspecified atom stereocenters. The number of aryl methyl sites for hydroxylation is 2. The van der Waals surface area contributed by atoms with Gasteiger partial charge in [0.25, 0.3) is 5.91 Å². The van der Waals surface area contributed by atoms with Crippen LogP contribution in [0.1, 0.15) is 25.7 Å². The van der Waals surface area contributed by atoms with Crippen LogP contribution in [0.25, 0.3) is 0 Å². The van der Waals surface area contributed by atoms with Gasteiger partial charge in [-0.05, 0) is 37.6 Å². The molecule has 5 heteroatoms. The summed E-state index contributed by atoms with van der Waals surface area (Å²) in [5, 5.41) is 0. The van der Waals surface area contributed by atoms with Crippen molar-refractivity contribution in [1.29, 1.82) is 0 Å². The van der Waals surface area contributed by atoms with Gasteiger partial charge < -0.3 is 10.6 Å². The number of nitrogens with two attached hydrogens (primary N) is 1. The highest BCUT2D eigenvalue weighted by Crippen LogP contribution is 2.25. The normalized spacial score (nSPS) is 10.3. The van der Waals surface area contributed by atoms with E-state index in [1.807, 2.05) is 44.2 Å². The summed E-state index contributed by atoms with van der Waals surface area (Å²) in [4.78, 5) is 16.3. The summed E-state index contributed by atoms with van der Waals surface area (Å²) < 4.78 is 0. The van der Waals surface area contributed by atoms with E-state index in [1.54, 1.807) is 11.9 Å². The van der Waals surface area contributed by atoms with Crippen molar-refractivity contribution < 1.29 is 4.79 Å². The van der Waals surface area contributed by atoms with Crippen molar-refractivity contribution >= 4 is 40.1 Å². The van der Waals surface area contributed by atoms with E-state index in [2.05, 4.69) is 0 Å². The standard InChI is InChI=1S/C15H16N2OS2/c1-9-8-13(20-10(9)2)15(18)17(3)12-7-5-4-6-11(12)14(16)19/h4-8H,1-3H3,(H2,16,19). The fraction of sp³-hybridized carbons (Fsp3) is 0.200. The van der Waals surface area contributed by atoms with E-state index >= 15 is 0 Å². The van der Waals surface area contributed by atoms with E-state index < -0.39 is 0 Å². The van der Waals surface area contributed by atoms with E-state index in [0.29, 0.717) is 10.6 Å². The highest BCUT2D eigenvalue weighted by Gasteiger charge is 2.19. The van der Waals surface area contributed by atoms with Crippen LogP contribution in [0, 0.1) is 13.8 Å². The van der Waals surface area contributed by atoms with Crippen molar-refractivity contribution in [1.82, 2.24) is 0 Å². The van der Waals surface area contributed by atoms with Crippen LogP contribution in [0.2, 0.25) is 0 Å². The molecule has 2 N–H and O–H groups in total. The second kappa shape index (κ2) is 5.73. The van der Waals surface area contributed by atoms with Crippen LogP contribution >= 0.6 is 23.6 Å². The van der Waals surface area contributed by atoms with Gasteiger partial charge in [0.15, 0.2) is 0 Å². The number of amides is 1. The molecule has 0 saturated heterocycles. The Balaban J connectivity index is 2.38. The van der Waals surface area contributed by atoms with E-state index in [0.717, 1.165) is 21.0 Å². The van der Waals surface area contributed by atoms with Crippen LogP contribution in [0.15, 0.2) is 30.3 Å². The molecule has 104 valence electrons. The molecule has 3 nitrogen and oxygen atoms in total. The summed E-state index contributed by atoms with van der Waals surface area (Å²) in [6.45, 7) is 4.02. The monoisotopic (exact) mass is 304 g/mol. The topological polar surface area (TPSA) is 46.3 Å². The minimum absolute atomic E-state index is 0.0464. The zero-order chi connectivity index (χ0) is 14.9. The number of para-hydroxylation sites is 1. The zero-order valence-corrected chi connectivity index (χ0v) is 13.3. The van der Waals surface area contributed by atoms with Crippen LogP contribution in [0.5, 0.6) is 0 Å². The molecule has 20 heavy (non-hydrogen) atoms. The van der Waals surface area contributed by atoms with Gasteiger partial charge in [-0.1, -0.05) is 24.4 Å². The number of hydrogen-bond acceptors (Lipinski definition) is 3. The third-order valence-corrected chi connectivity index (χ3v) is 4.57. The number of nitrogens with zero attached hydrogens (tertiary/aromatic N) is 1. The van der Waals surface area contributed by atoms with E-state index in [-0.39, 0.29) is 5.91 Å². The highest BCUT2D eigenvalue weighted by atomic mass is 32.1. The van der Waals surface area contributed by atoms with Gasteiger partial charge in [0, 0.05) is 17.5 Å². The lowest BCUT2D eigenvalue weighted by Crippen LogP contribution is -2.28. The first-order valence-corrected chi connectivity index (χ1v) is 7.38. The molecule has 0 atom stereocenters. The van der Waals surface area contributed by atoms with Gasteiger partial charge >= 0.3 is 0 Å². The number of thiophene rings is 1. The lowest BCUT2D eigenvalue weighted by atomic mass is 10.1. The lowest BCUT2D eigenvalue weighted by Gasteiger charge is -2.19. The quantitative estimate of drug-likeness (QED) is 0.885. The smallest absolute Gasteiger partial charge is 0.268 e. The van der Waals surface area contributed by atoms with E-state index in [1.165, 1.54) is 11.3 Å². The zero-order valence-electron chi connectivity index (χ0n) is 11.6. The number of thiocarbonyl (C=S) groups is 1. The third-order valence-electron chi connectivity index (χ3n) is 3.21. The van der Waals surface area contributed by atoms with Crippen molar-refractivity contribution in [3.63, 3.8) is 0 Å². The number of rotatable bonds is 3. The number of anilines is 1. The number of carbonyl (C=O) groups is 1. The molecule has 0 aliphatic carbocycles. The summed E-state index contributed by atoms with van der Waals surface area (Å²) in [7, 11) is 1.74. The fourth-order valence-electron chi connectivity index (χ4n) is 1.93. The van der Waals surface area contributed by atoms with Gasteiger partial charge in [-0.2, -0.15) is 0 Å². The predicted molar refractivity (Wildman–Crippen MR) is 88.9 cm³/mol. The second-order valence-corrected chi connectivity index (χ2v) is 6.29. The average molecular weight is 304 g/mol. The van der Waals surface area contributed by atoms with Crippen LogP contribution < -0.4 is 10.6 Å². The molecule has 0 bridgehead atoms. The van der Waals surface area contributed by atoms with Gasteiger partial charge in [0.1, 0.15) is 4.99 Å². The van der Waals surface area contributed by atoms with Crippen molar-refractivity contribution in [2.45, 2.75) is 13.8 Å². The molecule has 0 aliphatic heterocycles. The van der Waals surface area contributed by atoms with Gasteiger partial charge in [0.2, 0.25) is 0 Å². The minimum atomic E-state index is -0.0464. The van der Waals surface area contributed by atoms with Gasteiger partial charge in [0.05, 0.1) is 10.6 Å². The van der Waals surface area contributed by atoms with Crippen LogP contribution in [0.3, 0.4) is 0 Å². The summed E-state index contributed by atoms with van der Waals surface area (Å²) in [6, 6.07) is 9.32. The van der Waals surface area contributed by atoms with Gasteiger partial charge in [-0.3, -0.25) is 4.79 Å². The molecule has 1 heterocycles. The molecule has 0 aliphatic rings. The summed E-state index contributed by atoms with van der Waals surface area (Å²) >= 11 is 6.54. The predicted octanol–water partition coefficient (Wildman–Crippen LogP) is 3.28. The Bertz CT molecular complexity index is 657. The Hall–Kier alpha value is -1.72. The second-order valence-electron chi connectivity index (χ2n) is 4.60. The number of benzene rings is 1. The molecule has 1 aromatic carbocycles. The van der Waals surface area contributed by atoms with E-state index in [9.17, 15) is 4.79 Å². The van der Waals surface area contributed by atoms with Crippen LogP contribution in [-0.2, 0) is 0 Å². The molecule has 2 rings (SSSR count). The number of carbonyl (C=O) groups excluding carboxylic acids is 1. The minimum Gasteiger partial charge on any atom is -0.389 e. The van der Waals surface area contributed by atoms with Crippen molar-refractivity contribution in [3.8, 4) is 0 Å². The maximum atomic E-state index is 12.5. The molecule has 0 spiro atoms.